The van der Waals surface area contributed by atoms with E-state index in [0.717, 1.165) is 54.7 Å². The van der Waals surface area contributed by atoms with Gasteiger partial charge in [0.05, 0.1) is 4.34 Å². The minimum atomic E-state index is 0.505. The molecular formula is C18H26ClN7S. The van der Waals surface area contributed by atoms with Crippen LogP contribution in [0.4, 0.5) is 0 Å². The summed E-state index contributed by atoms with van der Waals surface area (Å²) in [7, 11) is 1.96. The molecule has 0 spiro atoms. The summed E-state index contributed by atoms with van der Waals surface area (Å²) >= 11 is 7.69. The number of aliphatic imine (C=N–C) groups is 1. The first kappa shape index (κ1) is 19.9. The largest absolute Gasteiger partial charge is 0.353 e. The molecule has 1 fully saturated rings. The van der Waals surface area contributed by atoms with Crippen LogP contribution >= 0.6 is 22.9 Å². The highest BCUT2D eigenvalue weighted by molar-refractivity contribution is 7.16. The standard InChI is InChI=1S/C18H26ClN7S/c1-4-7-20-18(21-12-17-23-22-14(2)24(17)3)26-10-8-25(9-11-26)13-15-5-6-16(19)27-15/h4-6H,1,7-13H2,2-3H3,(H,20,21). The Hall–Kier alpha value is -1.90. The fourth-order valence-corrected chi connectivity index (χ4v) is 4.07. The van der Waals surface area contributed by atoms with Gasteiger partial charge in [0.15, 0.2) is 11.8 Å². The lowest BCUT2D eigenvalue weighted by Gasteiger charge is -2.36. The molecule has 0 saturated carbocycles. The van der Waals surface area contributed by atoms with E-state index in [2.05, 4.69) is 38.0 Å². The van der Waals surface area contributed by atoms with Crippen LogP contribution in [-0.4, -0.2) is 63.2 Å². The smallest absolute Gasteiger partial charge is 0.194 e. The predicted molar refractivity (Wildman–Crippen MR) is 111 cm³/mol. The topological polar surface area (TPSA) is 61.6 Å². The molecular weight excluding hydrogens is 382 g/mol. The van der Waals surface area contributed by atoms with E-state index in [1.165, 1.54) is 4.88 Å². The van der Waals surface area contributed by atoms with Crippen molar-refractivity contribution in [2.24, 2.45) is 12.0 Å². The number of hydrogen-bond donors (Lipinski definition) is 1. The number of rotatable bonds is 6. The summed E-state index contributed by atoms with van der Waals surface area (Å²) in [6.07, 6.45) is 1.85. The van der Waals surface area contributed by atoms with E-state index in [4.69, 9.17) is 16.6 Å². The molecule has 0 aromatic carbocycles. The third-order valence-electron chi connectivity index (χ3n) is 4.64. The highest BCUT2D eigenvalue weighted by atomic mass is 35.5. The van der Waals surface area contributed by atoms with Gasteiger partial charge in [0.2, 0.25) is 0 Å². The van der Waals surface area contributed by atoms with Crippen molar-refractivity contribution < 1.29 is 0 Å². The van der Waals surface area contributed by atoms with Crippen LogP contribution in [-0.2, 0) is 20.1 Å². The minimum Gasteiger partial charge on any atom is -0.353 e. The summed E-state index contributed by atoms with van der Waals surface area (Å²) in [6.45, 7) is 11.7. The van der Waals surface area contributed by atoms with Crippen molar-refractivity contribution in [3.63, 3.8) is 0 Å². The number of nitrogens with zero attached hydrogens (tertiary/aromatic N) is 6. The van der Waals surface area contributed by atoms with Gasteiger partial charge in [-0.1, -0.05) is 17.7 Å². The number of aryl methyl sites for hydroxylation is 1. The Morgan fingerprint density at radius 2 is 2.11 bits per heavy atom. The molecule has 146 valence electrons. The predicted octanol–water partition coefficient (Wildman–Crippen LogP) is 2.29. The second-order valence-electron chi connectivity index (χ2n) is 6.50. The fraction of sp³-hybridized carbons (Fsp3) is 0.500. The first-order chi connectivity index (χ1) is 13.1. The maximum absolute atomic E-state index is 6.04. The van der Waals surface area contributed by atoms with Gasteiger partial charge in [-0.15, -0.1) is 28.1 Å². The minimum absolute atomic E-state index is 0.505. The lowest BCUT2D eigenvalue weighted by Crippen LogP contribution is -2.52. The number of piperazine rings is 1. The molecule has 1 aliphatic rings. The summed E-state index contributed by atoms with van der Waals surface area (Å²) in [6, 6.07) is 4.08. The third-order valence-corrected chi connectivity index (χ3v) is 5.85. The maximum atomic E-state index is 6.04. The van der Waals surface area contributed by atoms with Crippen molar-refractivity contribution in [3.05, 3.63) is 45.6 Å². The van der Waals surface area contributed by atoms with Gasteiger partial charge in [0.1, 0.15) is 12.4 Å². The molecule has 7 nitrogen and oxygen atoms in total. The van der Waals surface area contributed by atoms with E-state index >= 15 is 0 Å². The van der Waals surface area contributed by atoms with Crippen molar-refractivity contribution in [2.45, 2.75) is 20.0 Å². The maximum Gasteiger partial charge on any atom is 0.194 e. The zero-order valence-electron chi connectivity index (χ0n) is 15.9. The van der Waals surface area contributed by atoms with E-state index in [9.17, 15) is 0 Å². The van der Waals surface area contributed by atoms with Crippen LogP contribution in [0, 0.1) is 6.92 Å². The van der Waals surface area contributed by atoms with E-state index in [1.54, 1.807) is 11.3 Å². The van der Waals surface area contributed by atoms with Crippen LogP contribution in [0.15, 0.2) is 29.8 Å². The van der Waals surface area contributed by atoms with E-state index in [0.29, 0.717) is 13.1 Å². The van der Waals surface area contributed by atoms with Crippen LogP contribution in [0.5, 0.6) is 0 Å². The van der Waals surface area contributed by atoms with Crippen molar-refractivity contribution >= 4 is 28.9 Å². The molecule has 2 aromatic heterocycles. The number of nitrogens with one attached hydrogen (secondary N) is 1. The first-order valence-electron chi connectivity index (χ1n) is 9.02. The first-order valence-corrected chi connectivity index (χ1v) is 10.2. The molecule has 9 heteroatoms. The van der Waals surface area contributed by atoms with Gasteiger partial charge in [0.25, 0.3) is 0 Å². The average Bonchev–Trinajstić information content (AvgIpc) is 3.22. The van der Waals surface area contributed by atoms with Crippen molar-refractivity contribution in [3.8, 4) is 0 Å². The fourth-order valence-electron chi connectivity index (χ4n) is 2.94. The van der Waals surface area contributed by atoms with Crippen LogP contribution in [0.1, 0.15) is 16.5 Å². The molecule has 0 atom stereocenters. The lowest BCUT2D eigenvalue weighted by atomic mass is 10.3. The molecule has 0 bridgehead atoms. The SMILES string of the molecule is C=CCNC(=NCc1nnc(C)n1C)N1CCN(Cc2ccc(Cl)s2)CC1. The number of thiophene rings is 1. The van der Waals surface area contributed by atoms with E-state index in [1.807, 2.05) is 30.7 Å². The quantitative estimate of drug-likeness (QED) is 0.452. The number of hydrogen-bond acceptors (Lipinski definition) is 5. The summed E-state index contributed by atoms with van der Waals surface area (Å²) in [5.41, 5.74) is 0. The molecule has 3 heterocycles. The van der Waals surface area contributed by atoms with E-state index < -0.39 is 0 Å². The number of halogens is 1. The van der Waals surface area contributed by atoms with Crippen LogP contribution in [0.25, 0.3) is 0 Å². The Morgan fingerprint density at radius 3 is 2.70 bits per heavy atom. The summed E-state index contributed by atoms with van der Waals surface area (Å²) in [5.74, 6) is 2.65. The molecule has 1 saturated heterocycles. The number of aromatic nitrogens is 3. The molecule has 0 radical (unpaired) electrons. The van der Waals surface area contributed by atoms with Crippen LogP contribution < -0.4 is 5.32 Å². The number of guanidine groups is 1. The molecule has 27 heavy (non-hydrogen) atoms. The molecule has 0 unspecified atom stereocenters. The monoisotopic (exact) mass is 407 g/mol. The van der Waals surface area contributed by atoms with Gasteiger partial charge in [-0.2, -0.15) is 0 Å². The van der Waals surface area contributed by atoms with Gasteiger partial charge < -0.3 is 14.8 Å². The third kappa shape index (κ3) is 5.31. The normalized spacial score (nSPS) is 16.0. The highest BCUT2D eigenvalue weighted by Gasteiger charge is 2.20. The van der Waals surface area contributed by atoms with Crippen molar-refractivity contribution in [2.75, 3.05) is 32.7 Å². The van der Waals surface area contributed by atoms with Gasteiger partial charge in [-0.05, 0) is 19.1 Å². The van der Waals surface area contributed by atoms with Crippen molar-refractivity contribution in [1.82, 2.24) is 29.9 Å². The zero-order valence-corrected chi connectivity index (χ0v) is 17.4. The summed E-state index contributed by atoms with van der Waals surface area (Å²) in [4.78, 5) is 10.8. The zero-order chi connectivity index (χ0) is 19.2. The van der Waals surface area contributed by atoms with Crippen LogP contribution in [0.2, 0.25) is 4.34 Å². The Morgan fingerprint density at radius 1 is 1.33 bits per heavy atom. The lowest BCUT2D eigenvalue weighted by molar-refractivity contribution is 0.174. The molecule has 0 aliphatic carbocycles. The molecule has 1 N–H and O–H groups in total. The Labute approximate surface area is 169 Å². The molecule has 0 amide bonds. The van der Waals surface area contributed by atoms with Crippen molar-refractivity contribution in [1.29, 1.82) is 0 Å². The molecule has 3 rings (SSSR count). The Bertz CT molecular complexity index is 789. The molecule has 2 aromatic rings. The average molecular weight is 408 g/mol. The second kappa shape index (κ2) is 9.34. The second-order valence-corrected chi connectivity index (χ2v) is 8.30. The molecule has 1 aliphatic heterocycles. The summed E-state index contributed by atoms with van der Waals surface area (Å²) < 4.78 is 2.82. The Balaban J connectivity index is 1.59. The van der Waals surface area contributed by atoms with Gasteiger partial charge in [-0.3, -0.25) is 4.90 Å². The highest BCUT2D eigenvalue weighted by Crippen LogP contribution is 2.23. The van der Waals surface area contributed by atoms with Crippen LogP contribution in [0.3, 0.4) is 0 Å². The van der Waals surface area contributed by atoms with Gasteiger partial charge in [-0.25, -0.2) is 4.99 Å². The van der Waals surface area contributed by atoms with Gasteiger partial charge >= 0.3 is 0 Å². The summed E-state index contributed by atoms with van der Waals surface area (Å²) in [5, 5.41) is 11.7. The van der Waals surface area contributed by atoms with E-state index in [-0.39, 0.29) is 0 Å². The Kier molecular flexibility index (Phi) is 6.87. The van der Waals surface area contributed by atoms with Gasteiger partial charge in [0, 0.05) is 51.2 Å².